The Kier molecular flexibility index (Phi) is 4.23. The second kappa shape index (κ2) is 5.89. The van der Waals surface area contributed by atoms with Gasteiger partial charge in [0.05, 0.1) is 13.2 Å². The fourth-order valence-electron chi connectivity index (χ4n) is 1.42. The molecule has 2 rings (SSSR count). The van der Waals surface area contributed by atoms with Crippen LogP contribution in [0.4, 0.5) is 0 Å². The lowest BCUT2D eigenvalue weighted by Crippen LogP contribution is -2.21. The molecule has 1 aromatic rings. The van der Waals surface area contributed by atoms with Gasteiger partial charge in [0.15, 0.2) is 11.5 Å². The van der Waals surface area contributed by atoms with Crippen molar-refractivity contribution in [3.63, 3.8) is 0 Å². The minimum absolute atomic E-state index is 0.0697. The molecule has 4 nitrogen and oxygen atoms in total. The predicted octanol–water partition coefficient (Wildman–Crippen LogP) is 1.21. The van der Waals surface area contributed by atoms with Gasteiger partial charge in [0.2, 0.25) is 0 Å². The van der Waals surface area contributed by atoms with E-state index in [2.05, 4.69) is 0 Å². The standard InChI is InChI=1S/C13H18O4/c14-7-11(15)9-17-13-4-2-1-3-12(13)16-8-10-5-6-10/h1-4,10-11,14-15H,5-9H2. The van der Waals surface area contributed by atoms with Gasteiger partial charge in [-0.25, -0.2) is 0 Å². The molecule has 0 bridgehead atoms. The van der Waals surface area contributed by atoms with Crippen LogP contribution in [-0.4, -0.2) is 36.1 Å². The number of ether oxygens (including phenoxy) is 2. The molecule has 2 N–H and O–H groups in total. The molecule has 1 fully saturated rings. The Hall–Kier alpha value is -1.26. The SMILES string of the molecule is OCC(O)COc1ccccc1OCC1CC1. The van der Waals surface area contributed by atoms with Gasteiger partial charge in [-0.05, 0) is 30.9 Å². The smallest absolute Gasteiger partial charge is 0.161 e. The summed E-state index contributed by atoms with van der Waals surface area (Å²) in [4.78, 5) is 0. The van der Waals surface area contributed by atoms with Gasteiger partial charge >= 0.3 is 0 Å². The molecule has 1 saturated carbocycles. The fourth-order valence-corrected chi connectivity index (χ4v) is 1.42. The lowest BCUT2D eigenvalue weighted by molar-refractivity contribution is 0.0524. The summed E-state index contributed by atoms with van der Waals surface area (Å²) in [5.41, 5.74) is 0. The van der Waals surface area contributed by atoms with E-state index in [9.17, 15) is 5.11 Å². The topological polar surface area (TPSA) is 58.9 Å². The summed E-state index contributed by atoms with van der Waals surface area (Å²) in [6.45, 7) is 0.494. The lowest BCUT2D eigenvalue weighted by Gasteiger charge is -2.14. The van der Waals surface area contributed by atoms with E-state index in [1.54, 1.807) is 6.07 Å². The Morgan fingerprint density at radius 2 is 1.82 bits per heavy atom. The van der Waals surface area contributed by atoms with Crippen LogP contribution in [0.25, 0.3) is 0 Å². The first-order valence-corrected chi connectivity index (χ1v) is 5.93. The number of benzene rings is 1. The molecule has 0 amide bonds. The van der Waals surface area contributed by atoms with Crippen molar-refractivity contribution in [2.75, 3.05) is 19.8 Å². The Morgan fingerprint density at radius 3 is 2.41 bits per heavy atom. The summed E-state index contributed by atoms with van der Waals surface area (Å²) in [5.74, 6) is 2.00. The van der Waals surface area contributed by atoms with E-state index in [1.807, 2.05) is 18.2 Å². The average molecular weight is 238 g/mol. The summed E-state index contributed by atoms with van der Waals surface area (Å²) >= 11 is 0. The molecule has 4 heteroatoms. The van der Waals surface area contributed by atoms with Crippen molar-refractivity contribution in [1.82, 2.24) is 0 Å². The normalized spacial score (nSPS) is 16.6. The minimum Gasteiger partial charge on any atom is -0.489 e. The van der Waals surface area contributed by atoms with Crippen molar-refractivity contribution in [3.05, 3.63) is 24.3 Å². The van der Waals surface area contributed by atoms with Crippen LogP contribution in [0.5, 0.6) is 11.5 Å². The van der Waals surface area contributed by atoms with Gasteiger partial charge in [0, 0.05) is 0 Å². The molecule has 17 heavy (non-hydrogen) atoms. The summed E-state index contributed by atoms with van der Waals surface area (Å²) in [7, 11) is 0. The largest absolute Gasteiger partial charge is 0.489 e. The van der Waals surface area contributed by atoms with Crippen LogP contribution < -0.4 is 9.47 Å². The zero-order chi connectivity index (χ0) is 12.1. The minimum atomic E-state index is -0.855. The molecule has 94 valence electrons. The van der Waals surface area contributed by atoms with Crippen LogP contribution in [0.2, 0.25) is 0 Å². The average Bonchev–Trinajstić information content (AvgIpc) is 3.18. The van der Waals surface area contributed by atoms with E-state index in [-0.39, 0.29) is 13.2 Å². The number of hydrogen-bond acceptors (Lipinski definition) is 4. The first-order chi connectivity index (χ1) is 8.29. The van der Waals surface area contributed by atoms with Gasteiger partial charge < -0.3 is 19.7 Å². The third kappa shape index (κ3) is 3.91. The van der Waals surface area contributed by atoms with Crippen LogP contribution in [0.3, 0.4) is 0 Å². The van der Waals surface area contributed by atoms with Gasteiger partial charge in [0.25, 0.3) is 0 Å². The third-order valence-electron chi connectivity index (χ3n) is 2.66. The summed E-state index contributed by atoms with van der Waals surface area (Å²) < 4.78 is 11.1. The molecule has 1 aromatic carbocycles. The Labute approximate surface area is 101 Å². The Morgan fingerprint density at radius 1 is 1.18 bits per heavy atom. The van der Waals surface area contributed by atoms with Crippen LogP contribution in [-0.2, 0) is 0 Å². The highest BCUT2D eigenvalue weighted by Gasteiger charge is 2.22. The van der Waals surface area contributed by atoms with E-state index < -0.39 is 6.10 Å². The summed E-state index contributed by atoms with van der Waals surface area (Å²) in [5, 5.41) is 17.9. The van der Waals surface area contributed by atoms with E-state index in [1.165, 1.54) is 12.8 Å². The number of aliphatic hydroxyl groups excluding tert-OH is 2. The molecule has 1 aliphatic carbocycles. The van der Waals surface area contributed by atoms with Gasteiger partial charge in [-0.2, -0.15) is 0 Å². The maximum atomic E-state index is 9.22. The summed E-state index contributed by atoms with van der Waals surface area (Å²) in [6.07, 6.45) is 1.63. The van der Waals surface area contributed by atoms with Crippen molar-refractivity contribution in [2.45, 2.75) is 18.9 Å². The summed E-state index contributed by atoms with van der Waals surface area (Å²) in [6, 6.07) is 7.39. The van der Waals surface area contributed by atoms with Gasteiger partial charge in [-0.1, -0.05) is 12.1 Å². The second-order valence-electron chi connectivity index (χ2n) is 4.35. The molecule has 1 atom stereocenters. The molecule has 0 spiro atoms. The zero-order valence-electron chi connectivity index (χ0n) is 9.71. The van der Waals surface area contributed by atoms with E-state index >= 15 is 0 Å². The maximum Gasteiger partial charge on any atom is 0.161 e. The monoisotopic (exact) mass is 238 g/mol. The van der Waals surface area contributed by atoms with E-state index in [0.717, 1.165) is 6.61 Å². The highest BCUT2D eigenvalue weighted by atomic mass is 16.5. The molecular formula is C13H18O4. The van der Waals surface area contributed by atoms with Crippen LogP contribution in [0.15, 0.2) is 24.3 Å². The van der Waals surface area contributed by atoms with E-state index in [0.29, 0.717) is 17.4 Å². The molecule has 0 saturated heterocycles. The van der Waals surface area contributed by atoms with Crippen LogP contribution in [0, 0.1) is 5.92 Å². The molecule has 0 aliphatic heterocycles. The van der Waals surface area contributed by atoms with Gasteiger partial charge in [0.1, 0.15) is 12.7 Å². The highest BCUT2D eigenvalue weighted by Crippen LogP contribution is 2.32. The fraction of sp³-hybridized carbons (Fsp3) is 0.538. The van der Waals surface area contributed by atoms with Gasteiger partial charge in [-0.15, -0.1) is 0 Å². The van der Waals surface area contributed by atoms with Crippen molar-refractivity contribution in [1.29, 1.82) is 0 Å². The van der Waals surface area contributed by atoms with Crippen molar-refractivity contribution >= 4 is 0 Å². The molecule has 0 heterocycles. The quantitative estimate of drug-likeness (QED) is 0.749. The second-order valence-corrected chi connectivity index (χ2v) is 4.35. The van der Waals surface area contributed by atoms with Crippen LogP contribution >= 0.6 is 0 Å². The number of aliphatic hydroxyl groups is 2. The number of rotatable bonds is 7. The first-order valence-electron chi connectivity index (χ1n) is 5.93. The maximum absolute atomic E-state index is 9.22. The molecule has 1 unspecified atom stereocenters. The zero-order valence-corrected chi connectivity index (χ0v) is 9.71. The number of para-hydroxylation sites is 2. The molecule has 0 aromatic heterocycles. The molecule has 0 radical (unpaired) electrons. The number of hydrogen-bond donors (Lipinski definition) is 2. The molecule has 1 aliphatic rings. The van der Waals surface area contributed by atoms with E-state index in [4.69, 9.17) is 14.6 Å². The van der Waals surface area contributed by atoms with Gasteiger partial charge in [-0.3, -0.25) is 0 Å². The Balaban J connectivity index is 1.89. The lowest BCUT2D eigenvalue weighted by atomic mass is 10.3. The first kappa shape index (κ1) is 12.2. The van der Waals surface area contributed by atoms with Crippen LogP contribution in [0.1, 0.15) is 12.8 Å². The molecular weight excluding hydrogens is 220 g/mol. The predicted molar refractivity (Wildman–Crippen MR) is 63.2 cm³/mol. The highest BCUT2D eigenvalue weighted by molar-refractivity contribution is 5.39. The third-order valence-corrected chi connectivity index (χ3v) is 2.66. The van der Waals surface area contributed by atoms with Crippen molar-refractivity contribution < 1.29 is 19.7 Å². The van der Waals surface area contributed by atoms with Crippen molar-refractivity contribution in [3.8, 4) is 11.5 Å². The Bertz CT molecular complexity index is 349. The van der Waals surface area contributed by atoms with Crippen molar-refractivity contribution in [2.24, 2.45) is 5.92 Å².